The zero-order chi connectivity index (χ0) is 16.2. The number of esters is 1. The third-order valence-corrected chi connectivity index (χ3v) is 4.29. The van der Waals surface area contributed by atoms with Gasteiger partial charge in [-0.05, 0) is 34.8 Å². The zero-order valence-corrected chi connectivity index (χ0v) is 14.1. The Morgan fingerprint density at radius 2 is 1.87 bits per heavy atom. The molecule has 1 aromatic carbocycles. The van der Waals surface area contributed by atoms with Crippen LogP contribution in [0, 0.1) is 0 Å². The van der Waals surface area contributed by atoms with Crippen LogP contribution in [0.5, 0.6) is 0 Å². The van der Waals surface area contributed by atoms with Crippen LogP contribution in [-0.2, 0) is 9.53 Å². The summed E-state index contributed by atoms with van der Waals surface area (Å²) in [5.41, 5.74) is 0.996. The molecule has 1 aromatic heterocycles. The first kappa shape index (κ1) is 15.8. The number of hydrogen-bond acceptors (Lipinski definition) is 3. The highest BCUT2D eigenvalue weighted by Gasteiger charge is 2.31. The van der Waals surface area contributed by atoms with E-state index in [0.717, 1.165) is 17.3 Å². The van der Waals surface area contributed by atoms with E-state index in [2.05, 4.69) is 20.9 Å². The third kappa shape index (κ3) is 3.64. The zero-order valence-electron chi connectivity index (χ0n) is 12.5. The molecule has 1 saturated heterocycles. The van der Waals surface area contributed by atoms with Gasteiger partial charge in [-0.15, -0.1) is 0 Å². The van der Waals surface area contributed by atoms with E-state index in [0.29, 0.717) is 24.3 Å². The summed E-state index contributed by atoms with van der Waals surface area (Å²) in [4.78, 5) is 29.6. The van der Waals surface area contributed by atoms with Crippen molar-refractivity contribution in [2.24, 2.45) is 0 Å². The number of amides is 1. The molecule has 0 bridgehead atoms. The smallest absolute Gasteiger partial charge is 0.355 e. The molecule has 1 N–H and O–H groups in total. The minimum atomic E-state index is -0.913. The van der Waals surface area contributed by atoms with Crippen LogP contribution in [0.1, 0.15) is 35.0 Å². The van der Waals surface area contributed by atoms with Gasteiger partial charge in [-0.3, -0.25) is 4.79 Å². The van der Waals surface area contributed by atoms with Crippen molar-refractivity contribution in [3.05, 3.63) is 58.3 Å². The standard InChI is InChI=1S/C17H17BrN2O3/c18-13-10-14(19-11-13)17(22)23-15(12-6-2-1-3-7-12)16(21)20-8-4-5-9-20/h1-3,6-7,10-11,15,19H,4-5,8-9H2. The number of hydrogen-bond donors (Lipinski definition) is 1. The van der Waals surface area contributed by atoms with E-state index in [1.54, 1.807) is 29.3 Å². The fourth-order valence-corrected chi connectivity index (χ4v) is 2.99. The van der Waals surface area contributed by atoms with Gasteiger partial charge in [0.05, 0.1) is 0 Å². The molecule has 0 radical (unpaired) electrons. The number of ether oxygens (including phenoxy) is 1. The lowest BCUT2D eigenvalue weighted by Gasteiger charge is -2.23. The molecule has 6 heteroatoms. The van der Waals surface area contributed by atoms with Crippen LogP contribution in [0.4, 0.5) is 0 Å². The molecule has 1 fully saturated rings. The summed E-state index contributed by atoms with van der Waals surface area (Å²) in [6.45, 7) is 1.43. The van der Waals surface area contributed by atoms with Crippen molar-refractivity contribution in [1.29, 1.82) is 0 Å². The van der Waals surface area contributed by atoms with Crippen molar-refractivity contribution < 1.29 is 14.3 Å². The normalized spacial score (nSPS) is 15.4. The highest BCUT2D eigenvalue weighted by atomic mass is 79.9. The maximum absolute atomic E-state index is 12.7. The van der Waals surface area contributed by atoms with Gasteiger partial charge in [-0.25, -0.2) is 4.79 Å². The van der Waals surface area contributed by atoms with Gasteiger partial charge < -0.3 is 14.6 Å². The van der Waals surface area contributed by atoms with Gasteiger partial charge in [0.1, 0.15) is 5.69 Å². The molecule has 2 heterocycles. The summed E-state index contributed by atoms with van der Waals surface area (Å²) in [5.74, 6) is -0.704. The first-order chi connectivity index (χ1) is 11.1. The van der Waals surface area contributed by atoms with Crippen LogP contribution >= 0.6 is 15.9 Å². The number of nitrogens with one attached hydrogen (secondary N) is 1. The lowest BCUT2D eigenvalue weighted by atomic mass is 10.1. The number of rotatable bonds is 4. The topological polar surface area (TPSA) is 62.4 Å². The van der Waals surface area contributed by atoms with Gasteiger partial charge in [-0.2, -0.15) is 0 Å². The van der Waals surface area contributed by atoms with Gasteiger partial charge in [0.2, 0.25) is 6.10 Å². The Hall–Kier alpha value is -2.08. The highest BCUT2D eigenvalue weighted by Crippen LogP contribution is 2.24. The van der Waals surface area contributed by atoms with E-state index < -0.39 is 12.1 Å². The summed E-state index contributed by atoms with van der Waals surface area (Å²) >= 11 is 3.28. The van der Waals surface area contributed by atoms with Crippen molar-refractivity contribution in [1.82, 2.24) is 9.88 Å². The number of benzene rings is 1. The molecule has 1 atom stereocenters. The molecule has 0 aliphatic carbocycles. The second kappa shape index (κ2) is 7.00. The molecule has 2 aromatic rings. The molecular weight excluding hydrogens is 360 g/mol. The Bertz CT molecular complexity index is 693. The monoisotopic (exact) mass is 376 g/mol. The molecule has 0 saturated carbocycles. The van der Waals surface area contributed by atoms with Crippen LogP contribution in [0.2, 0.25) is 0 Å². The first-order valence-corrected chi connectivity index (χ1v) is 8.33. The summed E-state index contributed by atoms with van der Waals surface area (Å²) in [5, 5.41) is 0. The number of likely N-dealkylation sites (tertiary alicyclic amines) is 1. The highest BCUT2D eigenvalue weighted by molar-refractivity contribution is 9.10. The van der Waals surface area contributed by atoms with Gasteiger partial charge in [-0.1, -0.05) is 30.3 Å². The fraction of sp³-hybridized carbons (Fsp3) is 0.294. The molecule has 1 amide bonds. The van der Waals surface area contributed by atoms with E-state index in [4.69, 9.17) is 4.74 Å². The SMILES string of the molecule is O=C(OC(C(=O)N1CCCC1)c1ccccc1)c1cc(Br)c[nH]1. The summed E-state index contributed by atoms with van der Waals surface area (Å²) < 4.78 is 6.28. The molecule has 5 nitrogen and oxygen atoms in total. The molecule has 1 aliphatic rings. The molecule has 23 heavy (non-hydrogen) atoms. The lowest BCUT2D eigenvalue weighted by molar-refractivity contribution is -0.140. The van der Waals surface area contributed by atoms with Crippen molar-refractivity contribution in [2.75, 3.05) is 13.1 Å². The van der Waals surface area contributed by atoms with Crippen LogP contribution in [0.25, 0.3) is 0 Å². The van der Waals surface area contributed by atoms with Gasteiger partial charge in [0.25, 0.3) is 5.91 Å². The number of aromatic amines is 1. The molecular formula is C17H17BrN2O3. The molecule has 0 spiro atoms. The predicted octanol–water partition coefficient (Wildman–Crippen LogP) is 3.30. The van der Waals surface area contributed by atoms with Crippen molar-refractivity contribution >= 4 is 27.8 Å². The Balaban J connectivity index is 1.83. The average molecular weight is 377 g/mol. The van der Waals surface area contributed by atoms with Crippen LogP contribution < -0.4 is 0 Å². The molecule has 120 valence electrons. The first-order valence-electron chi connectivity index (χ1n) is 7.54. The average Bonchev–Trinajstić information content (AvgIpc) is 3.24. The maximum Gasteiger partial charge on any atom is 0.355 e. The van der Waals surface area contributed by atoms with Crippen LogP contribution in [0.3, 0.4) is 0 Å². The number of carbonyl (C=O) groups is 2. The van der Waals surface area contributed by atoms with Crippen LogP contribution in [0.15, 0.2) is 47.1 Å². The number of carbonyl (C=O) groups excluding carboxylic acids is 2. The minimum absolute atomic E-state index is 0.160. The van der Waals surface area contributed by atoms with Gasteiger partial charge in [0, 0.05) is 29.3 Å². The Morgan fingerprint density at radius 1 is 1.17 bits per heavy atom. The van der Waals surface area contributed by atoms with Crippen molar-refractivity contribution in [3.63, 3.8) is 0 Å². The quantitative estimate of drug-likeness (QED) is 0.832. The number of H-pyrrole nitrogens is 1. The van der Waals surface area contributed by atoms with E-state index >= 15 is 0 Å². The maximum atomic E-state index is 12.7. The van der Waals surface area contributed by atoms with Gasteiger partial charge in [0.15, 0.2) is 0 Å². The Labute approximate surface area is 142 Å². The van der Waals surface area contributed by atoms with Crippen molar-refractivity contribution in [2.45, 2.75) is 18.9 Å². The number of nitrogens with zero attached hydrogens (tertiary/aromatic N) is 1. The number of aromatic nitrogens is 1. The summed E-state index contributed by atoms with van der Waals surface area (Å²) in [6.07, 6.45) is 2.72. The van der Waals surface area contributed by atoms with Crippen LogP contribution in [-0.4, -0.2) is 34.8 Å². The number of halogens is 1. The third-order valence-electron chi connectivity index (χ3n) is 3.84. The summed E-state index contributed by atoms with van der Waals surface area (Å²) in [7, 11) is 0. The van der Waals surface area contributed by atoms with Gasteiger partial charge >= 0.3 is 5.97 Å². The Kier molecular flexibility index (Phi) is 4.81. The lowest BCUT2D eigenvalue weighted by Crippen LogP contribution is -2.34. The molecule has 3 rings (SSSR count). The van der Waals surface area contributed by atoms with E-state index in [9.17, 15) is 9.59 Å². The Morgan fingerprint density at radius 3 is 2.48 bits per heavy atom. The van der Waals surface area contributed by atoms with Crippen molar-refractivity contribution in [3.8, 4) is 0 Å². The summed E-state index contributed by atoms with van der Waals surface area (Å²) in [6, 6.07) is 10.8. The fourth-order valence-electron chi connectivity index (χ4n) is 2.65. The second-order valence-corrected chi connectivity index (χ2v) is 6.38. The predicted molar refractivity (Wildman–Crippen MR) is 88.9 cm³/mol. The largest absolute Gasteiger partial charge is 0.443 e. The molecule has 1 unspecified atom stereocenters. The van der Waals surface area contributed by atoms with E-state index in [1.165, 1.54) is 0 Å². The minimum Gasteiger partial charge on any atom is -0.443 e. The second-order valence-electron chi connectivity index (χ2n) is 5.46. The van der Waals surface area contributed by atoms with E-state index in [1.807, 2.05) is 18.2 Å². The van der Waals surface area contributed by atoms with E-state index in [-0.39, 0.29) is 5.91 Å². The molecule has 1 aliphatic heterocycles.